The largest absolute Gasteiger partial charge is 0.350 e. The maximum atomic E-state index is 13.1. The number of hydrogen-bond acceptors (Lipinski definition) is 4. The standard InChI is InChI=1S/C22H18ClN2O4P/c1-25-12-18(17-11-15(23)7-9-19(17)25)20(22(27)30(28)29)21(26)24-16-8-6-13-4-2-3-5-14(13)10-16/h2-12,20,28-29H,1H3,(H,24,26). The summed E-state index contributed by atoms with van der Waals surface area (Å²) in [6, 6.07) is 18.2. The molecular formula is C22H18ClN2O4P. The number of nitrogens with zero attached hydrogens (tertiary/aromatic N) is 1. The van der Waals surface area contributed by atoms with E-state index in [0.717, 1.165) is 16.3 Å². The van der Waals surface area contributed by atoms with Crippen molar-refractivity contribution in [1.29, 1.82) is 0 Å². The van der Waals surface area contributed by atoms with Crippen LogP contribution >= 0.6 is 20.0 Å². The van der Waals surface area contributed by atoms with Crippen molar-refractivity contribution >= 4 is 58.8 Å². The molecule has 1 unspecified atom stereocenters. The van der Waals surface area contributed by atoms with Crippen LogP contribution in [-0.4, -0.2) is 25.8 Å². The Balaban J connectivity index is 1.76. The fourth-order valence-corrected chi connectivity index (χ4v) is 4.27. The van der Waals surface area contributed by atoms with Gasteiger partial charge >= 0.3 is 0 Å². The van der Waals surface area contributed by atoms with Crippen molar-refractivity contribution in [1.82, 2.24) is 4.57 Å². The van der Waals surface area contributed by atoms with Gasteiger partial charge in [-0.1, -0.05) is 41.9 Å². The summed E-state index contributed by atoms with van der Waals surface area (Å²) in [7, 11) is -1.17. The summed E-state index contributed by atoms with van der Waals surface area (Å²) < 4.78 is 1.77. The summed E-state index contributed by atoms with van der Waals surface area (Å²) in [6.07, 6.45) is 1.64. The zero-order valence-corrected chi connectivity index (χ0v) is 17.6. The second-order valence-corrected chi connectivity index (χ2v) is 8.42. The van der Waals surface area contributed by atoms with Crippen LogP contribution in [0.1, 0.15) is 11.5 Å². The smallest absolute Gasteiger partial charge is 0.240 e. The van der Waals surface area contributed by atoms with Crippen LogP contribution in [0.15, 0.2) is 66.9 Å². The van der Waals surface area contributed by atoms with Crippen LogP contribution in [0.3, 0.4) is 0 Å². The topological polar surface area (TPSA) is 91.6 Å². The quantitative estimate of drug-likeness (QED) is 0.314. The molecule has 0 spiro atoms. The average molecular weight is 441 g/mol. The van der Waals surface area contributed by atoms with E-state index in [2.05, 4.69) is 5.32 Å². The first kappa shape index (κ1) is 20.5. The van der Waals surface area contributed by atoms with Crippen LogP contribution in [0, 0.1) is 0 Å². The van der Waals surface area contributed by atoms with Crippen LogP contribution in [0.25, 0.3) is 21.7 Å². The van der Waals surface area contributed by atoms with E-state index in [4.69, 9.17) is 11.6 Å². The fourth-order valence-electron chi connectivity index (χ4n) is 3.61. The molecule has 0 fully saturated rings. The second kappa shape index (κ2) is 8.17. The van der Waals surface area contributed by atoms with E-state index in [-0.39, 0.29) is 0 Å². The van der Waals surface area contributed by atoms with Gasteiger partial charge in [-0.05, 0) is 46.7 Å². The average Bonchev–Trinajstić information content (AvgIpc) is 3.03. The molecule has 1 heterocycles. The Morgan fingerprint density at radius 2 is 1.77 bits per heavy atom. The van der Waals surface area contributed by atoms with Crippen LogP contribution in [0.2, 0.25) is 5.02 Å². The monoisotopic (exact) mass is 440 g/mol. The van der Waals surface area contributed by atoms with Gasteiger partial charge in [0.15, 0.2) is 0 Å². The molecule has 0 saturated carbocycles. The molecule has 30 heavy (non-hydrogen) atoms. The number of aromatic nitrogens is 1. The molecule has 4 aromatic rings. The maximum absolute atomic E-state index is 13.1. The summed E-state index contributed by atoms with van der Waals surface area (Å²) in [5.41, 5.74) is 0.700. The summed E-state index contributed by atoms with van der Waals surface area (Å²) in [5.74, 6) is -2.03. The first-order valence-electron chi connectivity index (χ1n) is 9.11. The van der Waals surface area contributed by atoms with Crippen molar-refractivity contribution in [3.63, 3.8) is 0 Å². The second-order valence-electron chi connectivity index (χ2n) is 6.97. The number of nitrogens with one attached hydrogen (secondary N) is 1. The molecule has 3 N–H and O–H groups in total. The molecule has 1 atom stereocenters. The van der Waals surface area contributed by atoms with Crippen LogP contribution in [-0.2, 0) is 16.6 Å². The van der Waals surface area contributed by atoms with Crippen molar-refractivity contribution in [3.8, 4) is 0 Å². The Kier molecular flexibility index (Phi) is 5.58. The molecular weight excluding hydrogens is 423 g/mol. The van der Waals surface area contributed by atoms with Gasteiger partial charge in [0.2, 0.25) is 19.8 Å². The van der Waals surface area contributed by atoms with Crippen LogP contribution in [0.4, 0.5) is 5.69 Å². The lowest BCUT2D eigenvalue weighted by Gasteiger charge is -2.16. The highest BCUT2D eigenvalue weighted by Gasteiger charge is 2.35. The van der Waals surface area contributed by atoms with E-state index < -0.39 is 25.7 Å². The lowest BCUT2D eigenvalue weighted by atomic mass is 9.98. The number of anilines is 1. The van der Waals surface area contributed by atoms with Crippen molar-refractivity contribution in [2.75, 3.05) is 5.32 Å². The summed E-state index contributed by atoms with van der Waals surface area (Å²) in [6.45, 7) is 0. The molecule has 0 bridgehead atoms. The number of benzene rings is 3. The van der Waals surface area contributed by atoms with Crippen molar-refractivity contribution in [2.45, 2.75) is 5.92 Å². The molecule has 1 aromatic heterocycles. The number of amides is 1. The van der Waals surface area contributed by atoms with Crippen LogP contribution < -0.4 is 5.32 Å². The number of carbonyl (C=O) groups is 2. The normalized spacial score (nSPS) is 12.4. The number of fused-ring (bicyclic) bond motifs is 2. The highest BCUT2D eigenvalue weighted by atomic mass is 35.5. The van der Waals surface area contributed by atoms with Gasteiger partial charge < -0.3 is 19.7 Å². The minimum absolute atomic E-state index is 0.369. The lowest BCUT2D eigenvalue weighted by Crippen LogP contribution is -2.27. The molecule has 0 aliphatic heterocycles. The molecule has 1 amide bonds. The molecule has 0 aliphatic rings. The minimum atomic E-state index is -2.96. The summed E-state index contributed by atoms with van der Waals surface area (Å²) in [4.78, 5) is 45.0. The Morgan fingerprint density at radius 3 is 2.50 bits per heavy atom. The minimum Gasteiger partial charge on any atom is -0.350 e. The maximum Gasteiger partial charge on any atom is 0.240 e. The van der Waals surface area contributed by atoms with Crippen molar-refractivity contribution in [3.05, 3.63) is 77.4 Å². The summed E-state index contributed by atoms with van der Waals surface area (Å²) in [5, 5.41) is 5.75. The van der Waals surface area contributed by atoms with E-state index in [0.29, 0.717) is 21.7 Å². The number of hydrogen-bond donors (Lipinski definition) is 3. The van der Waals surface area contributed by atoms with Crippen molar-refractivity contribution in [2.24, 2.45) is 7.05 Å². The zero-order chi connectivity index (χ0) is 21.4. The number of aryl methyl sites for hydroxylation is 1. The predicted octanol–water partition coefficient (Wildman–Crippen LogP) is 4.53. The Morgan fingerprint density at radius 1 is 1.03 bits per heavy atom. The third-order valence-electron chi connectivity index (χ3n) is 5.02. The predicted molar refractivity (Wildman–Crippen MR) is 120 cm³/mol. The third kappa shape index (κ3) is 3.83. The van der Waals surface area contributed by atoms with Gasteiger partial charge in [-0.25, -0.2) is 0 Å². The molecule has 0 radical (unpaired) electrons. The number of halogens is 1. The zero-order valence-electron chi connectivity index (χ0n) is 15.9. The number of carbonyl (C=O) groups excluding carboxylic acids is 2. The van der Waals surface area contributed by atoms with E-state index in [9.17, 15) is 19.4 Å². The third-order valence-corrected chi connectivity index (χ3v) is 5.90. The Labute approximate surface area is 178 Å². The molecule has 6 nitrogen and oxygen atoms in total. The first-order valence-corrected chi connectivity index (χ1v) is 10.7. The SMILES string of the molecule is Cn1cc(C(C(=O)Nc2ccc3ccccc3c2)C(=O)P(O)O)c2cc(Cl)ccc21. The summed E-state index contributed by atoms with van der Waals surface area (Å²) >= 11 is 6.12. The van der Waals surface area contributed by atoms with Gasteiger partial charge in [0.25, 0.3) is 0 Å². The van der Waals surface area contributed by atoms with E-state index in [1.54, 1.807) is 48.1 Å². The van der Waals surface area contributed by atoms with Gasteiger partial charge in [-0.2, -0.15) is 0 Å². The van der Waals surface area contributed by atoms with E-state index >= 15 is 0 Å². The van der Waals surface area contributed by atoms with Gasteiger partial charge in [0.05, 0.1) is 0 Å². The molecule has 0 aliphatic carbocycles. The highest BCUT2D eigenvalue weighted by Crippen LogP contribution is 2.39. The van der Waals surface area contributed by atoms with Crippen LogP contribution in [0.5, 0.6) is 0 Å². The molecule has 0 saturated heterocycles. The Hall–Kier alpha value is -2.76. The molecule has 3 aromatic carbocycles. The van der Waals surface area contributed by atoms with Gasteiger partial charge in [-0.15, -0.1) is 0 Å². The first-order chi connectivity index (χ1) is 14.3. The van der Waals surface area contributed by atoms with E-state index in [1.165, 1.54) is 0 Å². The van der Waals surface area contributed by atoms with Gasteiger partial charge in [0.1, 0.15) is 5.92 Å². The van der Waals surface area contributed by atoms with Gasteiger partial charge in [0, 0.05) is 34.9 Å². The number of rotatable bonds is 5. The lowest BCUT2D eigenvalue weighted by molar-refractivity contribution is -0.124. The molecule has 8 heteroatoms. The fraction of sp³-hybridized carbons (Fsp3) is 0.0909. The Bertz CT molecular complexity index is 1280. The molecule has 4 rings (SSSR count). The highest BCUT2D eigenvalue weighted by molar-refractivity contribution is 7.64. The molecule has 152 valence electrons. The van der Waals surface area contributed by atoms with Crippen molar-refractivity contribution < 1.29 is 19.4 Å². The van der Waals surface area contributed by atoms with E-state index in [1.807, 2.05) is 30.3 Å². The van der Waals surface area contributed by atoms with Gasteiger partial charge in [-0.3, -0.25) is 9.59 Å².